The largest absolute Gasteiger partial charge is 0.253 e. The average Bonchev–Trinajstić information content (AvgIpc) is 2.64. The molecule has 0 atom stereocenters. The van der Waals surface area contributed by atoms with Gasteiger partial charge in [0.25, 0.3) is 0 Å². The van der Waals surface area contributed by atoms with Gasteiger partial charge in [0.15, 0.2) is 0 Å². The first kappa shape index (κ1) is 11.2. The number of benzene rings is 1. The molecule has 1 heterocycles. The normalized spacial score (nSPS) is 7.33. The van der Waals surface area contributed by atoms with E-state index in [2.05, 4.69) is 4.98 Å². The summed E-state index contributed by atoms with van der Waals surface area (Å²) < 4.78 is 0. The van der Waals surface area contributed by atoms with E-state index in [0.717, 1.165) is 0 Å². The van der Waals surface area contributed by atoms with Crippen LogP contribution in [0.3, 0.4) is 0 Å². The van der Waals surface area contributed by atoms with Gasteiger partial charge in [-0.3, -0.25) is 4.98 Å². The molecule has 0 aliphatic heterocycles. The van der Waals surface area contributed by atoms with Crippen LogP contribution in [-0.4, -0.2) is 4.98 Å². The van der Waals surface area contributed by atoms with Crippen LogP contribution >= 0.6 is 24.8 Å². The summed E-state index contributed by atoms with van der Waals surface area (Å²) in [4.78, 5) is 3.74. The van der Waals surface area contributed by atoms with Crippen molar-refractivity contribution in [3.63, 3.8) is 0 Å². The summed E-state index contributed by atoms with van der Waals surface area (Å²) in [6.07, 6.45) is 1.77. The minimum absolute atomic E-state index is 0. The van der Waals surface area contributed by atoms with E-state index < -0.39 is 0 Å². The van der Waals surface area contributed by atoms with Crippen LogP contribution < -0.4 is 0 Å². The summed E-state index contributed by atoms with van der Waals surface area (Å²) >= 11 is 1.60. The van der Waals surface area contributed by atoms with Crippen molar-refractivity contribution in [3.8, 4) is 0 Å². The molecule has 0 unspecified atom stereocenters. The van der Waals surface area contributed by atoms with E-state index in [0.29, 0.717) is 0 Å². The Kier molecular flexibility index (Phi) is 7.74. The van der Waals surface area contributed by atoms with Crippen molar-refractivity contribution in [2.75, 3.05) is 0 Å². The highest BCUT2D eigenvalue weighted by Crippen LogP contribution is 1.85. The van der Waals surface area contributed by atoms with Crippen LogP contribution in [0.25, 0.3) is 0 Å². The molecular weight excluding hydrogens is 186 g/mol. The second-order valence-electron chi connectivity index (χ2n) is 1.83. The minimum atomic E-state index is 0. The van der Waals surface area contributed by atoms with Gasteiger partial charge in [0, 0.05) is 11.6 Å². The molecule has 0 fully saturated rings. The van der Waals surface area contributed by atoms with Gasteiger partial charge < -0.3 is 0 Å². The lowest BCUT2D eigenvalue weighted by Crippen LogP contribution is -1.47. The Balaban J connectivity index is 0.000000189. The number of rotatable bonds is 0. The predicted molar refractivity (Wildman–Crippen MR) is 58.9 cm³/mol. The molecule has 0 radical (unpaired) electrons. The predicted octanol–water partition coefficient (Wildman–Crippen LogP) is 2.94. The third kappa shape index (κ3) is 5.95. The Morgan fingerprint density at radius 3 is 1.50 bits per heavy atom. The highest BCUT2D eigenvalue weighted by molar-refractivity contribution is 7.59. The van der Waals surface area contributed by atoms with Gasteiger partial charge in [-0.25, -0.2) is 0 Å². The number of hydrogen-bond donors (Lipinski definition) is 0. The van der Waals surface area contributed by atoms with Crippen molar-refractivity contribution in [1.82, 2.24) is 4.98 Å². The molecule has 12 heavy (non-hydrogen) atoms. The lowest BCUT2D eigenvalue weighted by Gasteiger charge is -1.69. The maximum atomic E-state index is 3.74. The standard InChI is InChI=1S/C6H6.C3H3NS.H2S/c1-2-4-6-5-3-1;1-2-5-3-4-1;/h1-6H;1-3H;1H2. The Morgan fingerprint density at radius 2 is 1.33 bits per heavy atom. The van der Waals surface area contributed by atoms with E-state index in [9.17, 15) is 0 Å². The van der Waals surface area contributed by atoms with Gasteiger partial charge in [0.2, 0.25) is 0 Å². The van der Waals surface area contributed by atoms with Gasteiger partial charge in [-0.05, 0) is 0 Å². The molecule has 0 bridgehead atoms. The van der Waals surface area contributed by atoms with E-state index in [1.54, 1.807) is 23.0 Å². The molecule has 1 aromatic carbocycles. The molecule has 0 saturated carbocycles. The highest BCUT2D eigenvalue weighted by Gasteiger charge is 1.59. The van der Waals surface area contributed by atoms with Crippen LogP contribution in [0, 0.1) is 0 Å². The van der Waals surface area contributed by atoms with E-state index >= 15 is 0 Å². The molecule has 64 valence electrons. The van der Waals surface area contributed by atoms with Gasteiger partial charge in [-0.1, -0.05) is 36.4 Å². The fourth-order valence-electron chi connectivity index (χ4n) is 0.561. The van der Waals surface area contributed by atoms with Crippen molar-refractivity contribution in [3.05, 3.63) is 53.5 Å². The second kappa shape index (κ2) is 8.30. The van der Waals surface area contributed by atoms with Crippen molar-refractivity contribution in [2.45, 2.75) is 0 Å². The van der Waals surface area contributed by atoms with Crippen molar-refractivity contribution in [2.24, 2.45) is 0 Å². The molecule has 0 aliphatic carbocycles. The molecule has 0 amide bonds. The fraction of sp³-hybridized carbons (Fsp3) is 0. The Hall–Kier alpha value is -0.800. The third-order valence-electron chi connectivity index (χ3n) is 1.01. The van der Waals surface area contributed by atoms with Gasteiger partial charge in [0.1, 0.15) is 0 Å². The summed E-state index contributed by atoms with van der Waals surface area (Å²) in [6, 6.07) is 12.0. The van der Waals surface area contributed by atoms with Crippen molar-refractivity contribution >= 4 is 24.8 Å². The maximum absolute atomic E-state index is 3.74. The number of thiazole rings is 1. The summed E-state index contributed by atoms with van der Waals surface area (Å²) in [5.74, 6) is 0. The van der Waals surface area contributed by atoms with Gasteiger partial charge in [0.05, 0.1) is 5.51 Å². The van der Waals surface area contributed by atoms with Crippen molar-refractivity contribution in [1.29, 1.82) is 0 Å². The fourth-order valence-corrected chi connectivity index (χ4v) is 0.912. The molecular formula is C9H11NS2. The molecule has 0 N–H and O–H groups in total. The Labute approximate surface area is 83.5 Å². The van der Waals surface area contributed by atoms with Crippen LogP contribution in [0.2, 0.25) is 0 Å². The lowest BCUT2D eigenvalue weighted by atomic mass is 10.4. The van der Waals surface area contributed by atoms with Gasteiger partial charge >= 0.3 is 0 Å². The third-order valence-corrected chi connectivity index (χ3v) is 1.54. The highest BCUT2D eigenvalue weighted by atomic mass is 32.1. The van der Waals surface area contributed by atoms with Gasteiger partial charge in [-0.2, -0.15) is 13.5 Å². The van der Waals surface area contributed by atoms with Crippen LogP contribution in [0.4, 0.5) is 0 Å². The van der Waals surface area contributed by atoms with E-state index in [4.69, 9.17) is 0 Å². The van der Waals surface area contributed by atoms with E-state index in [1.807, 2.05) is 41.8 Å². The van der Waals surface area contributed by atoms with Crippen LogP contribution in [0.1, 0.15) is 0 Å². The topological polar surface area (TPSA) is 12.9 Å². The average molecular weight is 197 g/mol. The molecule has 0 aliphatic rings. The Morgan fingerprint density at radius 1 is 0.833 bits per heavy atom. The molecule has 0 spiro atoms. The second-order valence-corrected chi connectivity index (χ2v) is 2.59. The first-order valence-electron chi connectivity index (χ1n) is 3.32. The number of hydrogen-bond acceptors (Lipinski definition) is 2. The molecule has 1 aromatic heterocycles. The number of aromatic nitrogens is 1. The van der Waals surface area contributed by atoms with Crippen LogP contribution in [0.5, 0.6) is 0 Å². The lowest BCUT2D eigenvalue weighted by molar-refractivity contribution is 1.43. The van der Waals surface area contributed by atoms with Crippen molar-refractivity contribution < 1.29 is 0 Å². The van der Waals surface area contributed by atoms with E-state index in [-0.39, 0.29) is 13.5 Å². The molecule has 2 rings (SSSR count). The minimum Gasteiger partial charge on any atom is -0.253 e. The smallest absolute Gasteiger partial charge is 0.0791 e. The monoisotopic (exact) mass is 197 g/mol. The maximum Gasteiger partial charge on any atom is 0.0791 e. The molecule has 1 nitrogen and oxygen atoms in total. The molecule has 0 saturated heterocycles. The first-order valence-corrected chi connectivity index (χ1v) is 4.26. The van der Waals surface area contributed by atoms with Gasteiger partial charge in [-0.15, -0.1) is 11.3 Å². The van der Waals surface area contributed by atoms with Crippen LogP contribution in [0.15, 0.2) is 53.5 Å². The quantitative estimate of drug-likeness (QED) is 0.633. The Bertz CT molecular complexity index is 198. The zero-order valence-electron chi connectivity index (χ0n) is 6.55. The summed E-state index contributed by atoms with van der Waals surface area (Å²) in [5, 5.41) is 1.93. The first-order chi connectivity index (χ1) is 5.50. The van der Waals surface area contributed by atoms with E-state index in [1.165, 1.54) is 0 Å². The number of nitrogens with zero attached hydrogens (tertiary/aromatic N) is 1. The zero-order valence-corrected chi connectivity index (χ0v) is 8.37. The SMILES string of the molecule is S.c1ccccc1.c1cscn1. The zero-order chi connectivity index (χ0) is 7.78. The molecule has 2 aromatic rings. The molecule has 3 heteroatoms. The summed E-state index contributed by atoms with van der Waals surface area (Å²) in [6.45, 7) is 0. The van der Waals surface area contributed by atoms with Crippen LogP contribution in [-0.2, 0) is 0 Å². The summed E-state index contributed by atoms with van der Waals surface area (Å²) in [7, 11) is 0. The summed E-state index contributed by atoms with van der Waals surface area (Å²) in [5.41, 5.74) is 1.79.